The van der Waals surface area contributed by atoms with Gasteiger partial charge in [-0.05, 0) is 55.5 Å². The number of hydrazine groups is 1. The number of hydrogen-bond donors (Lipinski definition) is 4. The van der Waals surface area contributed by atoms with Gasteiger partial charge in [-0.25, -0.2) is 8.78 Å². The Kier molecular flexibility index (Phi) is 13.9. The predicted molar refractivity (Wildman–Crippen MR) is 183 cm³/mol. The second-order valence-electron chi connectivity index (χ2n) is 9.97. The van der Waals surface area contributed by atoms with Crippen LogP contribution in [-0.4, -0.2) is 73.9 Å². The van der Waals surface area contributed by atoms with E-state index in [0.29, 0.717) is 47.1 Å². The molecule has 1 aromatic heterocycles. The van der Waals surface area contributed by atoms with E-state index in [-0.39, 0.29) is 17.1 Å². The van der Waals surface area contributed by atoms with Gasteiger partial charge in [0.25, 0.3) is 10.1 Å². The Balaban J connectivity index is 0.000000305. The van der Waals surface area contributed by atoms with Crippen molar-refractivity contribution in [2.45, 2.75) is 6.92 Å². The molecule has 0 aliphatic heterocycles. The SMILES string of the molecule is CC(=C(C=O)C=O)N(C)N(C)c1ccc(F)cc1.CNc1ccc(Oc2cc3cnn(C)c3cc2/C(C=N)=C/N)c(F)c1.CS(=O)(=O)O. The first-order valence-electron chi connectivity index (χ1n) is 13.9. The fraction of sp³-hybridized carbons (Fsp3) is 0.188. The van der Waals surface area contributed by atoms with Gasteiger partial charge in [0.15, 0.2) is 24.1 Å². The van der Waals surface area contributed by atoms with E-state index in [1.54, 1.807) is 79.3 Å². The van der Waals surface area contributed by atoms with E-state index in [2.05, 4.69) is 10.4 Å². The number of carbonyl (C=O) groups is 2. The molecule has 0 unspecified atom stereocenters. The van der Waals surface area contributed by atoms with Crippen LogP contribution in [0.15, 0.2) is 78.3 Å². The molecular weight excluding hydrogens is 648 g/mol. The van der Waals surface area contributed by atoms with Crippen LogP contribution < -0.4 is 20.8 Å². The number of aldehydes is 2. The number of aromatic nitrogens is 2. The van der Waals surface area contributed by atoms with Gasteiger partial charge in [-0.1, -0.05) is 0 Å². The zero-order valence-corrected chi connectivity index (χ0v) is 27.9. The van der Waals surface area contributed by atoms with Crippen LogP contribution in [0.5, 0.6) is 11.5 Å². The second-order valence-corrected chi connectivity index (χ2v) is 11.4. The monoisotopic (exact) mass is 685 g/mol. The van der Waals surface area contributed by atoms with E-state index < -0.39 is 15.9 Å². The van der Waals surface area contributed by atoms with Crippen LogP contribution >= 0.6 is 0 Å². The Bertz CT molecular complexity index is 1910. The molecule has 0 saturated carbocycles. The van der Waals surface area contributed by atoms with Gasteiger partial charge in [0.1, 0.15) is 11.6 Å². The van der Waals surface area contributed by atoms with Crippen molar-refractivity contribution in [2.75, 3.05) is 37.7 Å². The van der Waals surface area contributed by atoms with Gasteiger partial charge >= 0.3 is 0 Å². The number of halogens is 2. The molecule has 13 nitrogen and oxygen atoms in total. The number of nitrogens with two attached hydrogens (primary N) is 1. The quantitative estimate of drug-likeness (QED) is 0.0343. The van der Waals surface area contributed by atoms with Crippen molar-refractivity contribution >= 4 is 56.8 Å². The van der Waals surface area contributed by atoms with Gasteiger partial charge < -0.3 is 21.2 Å². The molecule has 0 amide bonds. The van der Waals surface area contributed by atoms with Crippen LogP contribution in [0.25, 0.3) is 16.5 Å². The standard InChI is InChI=1S/C18H18FN5O.C13H15FN2O2.CH4O3S/c1-22-13-3-4-17(15(19)6-13)25-18-5-11-10-23-24(2)16(11)7-14(18)12(8-20)9-21;1-10(11(8-17)9-18)15(2)16(3)13-6-4-12(14)5-7-13;1-5(2,3)4/h3-10,20,22H,21H2,1-2H3;4-9H,1-3H3;1H3,(H,2,3,4)/b12-9+,20-8?;;. The number of anilines is 2. The number of allylic oxidation sites excluding steroid dienone is 3. The molecule has 48 heavy (non-hydrogen) atoms. The lowest BCUT2D eigenvalue weighted by atomic mass is 10.0. The number of nitrogens with zero attached hydrogens (tertiary/aromatic N) is 4. The Morgan fingerprint density at radius 2 is 1.67 bits per heavy atom. The third-order valence-corrected chi connectivity index (χ3v) is 6.74. The highest BCUT2D eigenvalue weighted by molar-refractivity contribution is 7.85. The minimum atomic E-state index is -3.67. The lowest BCUT2D eigenvalue weighted by Crippen LogP contribution is -2.36. The summed E-state index contributed by atoms with van der Waals surface area (Å²) in [6.45, 7) is 1.66. The van der Waals surface area contributed by atoms with Crippen LogP contribution in [-0.2, 0) is 26.8 Å². The Labute approximate surface area is 277 Å². The largest absolute Gasteiger partial charge is 0.454 e. The number of ether oxygens (including phenoxy) is 1. The highest BCUT2D eigenvalue weighted by Crippen LogP contribution is 2.35. The number of fused-ring (bicyclic) bond motifs is 1. The van der Waals surface area contributed by atoms with Crippen LogP contribution in [0.2, 0.25) is 0 Å². The van der Waals surface area contributed by atoms with Crippen molar-refractivity contribution in [3.8, 4) is 11.5 Å². The maximum Gasteiger partial charge on any atom is 0.261 e. The molecule has 0 spiro atoms. The van der Waals surface area contributed by atoms with Crippen LogP contribution in [0, 0.1) is 17.0 Å². The lowest BCUT2D eigenvalue weighted by molar-refractivity contribution is -0.109. The number of aryl methyl sites for hydroxylation is 1. The minimum absolute atomic E-state index is 0.0754. The molecular formula is C32H37F2N7O6S. The zero-order valence-electron chi connectivity index (χ0n) is 27.1. The van der Waals surface area contributed by atoms with E-state index in [1.807, 2.05) is 13.1 Å². The molecule has 5 N–H and O–H groups in total. The average molecular weight is 686 g/mol. The zero-order chi connectivity index (χ0) is 36.2. The number of rotatable bonds is 10. The van der Waals surface area contributed by atoms with E-state index in [1.165, 1.54) is 24.4 Å². The van der Waals surface area contributed by atoms with Gasteiger partial charge in [0.2, 0.25) is 0 Å². The minimum Gasteiger partial charge on any atom is -0.454 e. The summed E-state index contributed by atoms with van der Waals surface area (Å²) in [4.78, 5) is 21.4. The molecule has 4 aromatic rings. The molecule has 4 rings (SSSR count). The van der Waals surface area contributed by atoms with Gasteiger partial charge in [-0.2, -0.15) is 13.5 Å². The van der Waals surface area contributed by atoms with Crippen molar-refractivity contribution in [3.05, 3.63) is 95.5 Å². The Morgan fingerprint density at radius 3 is 2.17 bits per heavy atom. The molecule has 0 aliphatic rings. The van der Waals surface area contributed by atoms with Gasteiger partial charge in [0.05, 0.1) is 29.2 Å². The maximum atomic E-state index is 14.3. The van der Waals surface area contributed by atoms with Gasteiger partial charge in [-0.15, -0.1) is 0 Å². The third kappa shape index (κ3) is 10.7. The summed E-state index contributed by atoms with van der Waals surface area (Å²) in [5.41, 5.74) is 9.53. The fourth-order valence-corrected chi connectivity index (χ4v) is 4.00. The van der Waals surface area contributed by atoms with Gasteiger partial charge in [0, 0.05) is 74.6 Å². The Hall–Kier alpha value is -5.61. The topological polar surface area (TPSA) is 184 Å². The smallest absolute Gasteiger partial charge is 0.261 e. The number of nitrogens with one attached hydrogen (secondary N) is 2. The summed E-state index contributed by atoms with van der Waals surface area (Å²) in [7, 11) is 3.33. The van der Waals surface area contributed by atoms with Crippen LogP contribution in [0.1, 0.15) is 12.5 Å². The van der Waals surface area contributed by atoms with Crippen molar-refractivity contribution in [2.24, 2.45) is 12.8 Å². The predicted octanol–water partition coefficient (Wildman–Crippen LogP) is 4.78. The molecule has 1 heterocycles. The molecule has 0 bridgehead atoms. The number of carbonyl (C=O) groups excluding carboxylic acids is 2. The van der Waals surface area contributed by atoms with Crippen molar-refractivity contribution < 1.29 is 36.1 Å². The van der Waals surface area contributed by atoms with Crippen LogP contribution in [0.4, 0.5) is 20.2 Å². The fourth-order valence-electron chi connectivity index (χ4n) is 4.00. The van der Waals surface area contributed by atoms with Crippen molar-refractivity contribution in [1.29, 1.82) is 5.41 Å². The van der Waals surface area contributed by atoms with Crippen molar-refractivity contribution in [1.82, 2.24) is 14.8 Å². The summed E-state index contributed by atoms with van der Waals surface area (Å²) in [6.07, 6.45) is 5.88. The molecule has 0 fully saturated rings. The first-order valence-corrected chi connectivity index (χ1v) is 15.7. The van der Waals surface area contributed by atoms with E-state index in [9.17, 15) is 26.8 Å². The molecule has 0 aliphatic carbocycles. The summed E-state index contributed by atoms with van der Waals surface area (Å²) < 4.78 is 60.5. The van der Waals surface area contributed by atoms with E-state index in [0.717, 1.165) is 22.8 Å². The first kappa shape index (κ1) is 38.6. The van der Waals surface area contributed by atoms with E-state index >= 15 is 0 Å². The number of benzene rings is 3. The van der Waals surface area contributed by atoms with E-state index in [4.69, 9.17) is 20.4 Å². The molecule has 0 saturated heterocycles. The second kappa shape index (κ2) is 17.3. The highest BCUT2D eigenvalue weighted by atomic mass is 32.2. The molecule has 3 aromatic carbocycles. The summed E-state index contributed by atoms with van der Waals surface area (Å²) in [6, 6.07) is 14.1. The Morgan fingerprint density at radius 1 is 1.06 bits per heavy atom. The highest BCUT2D eigenvalue weighted by Gasteiger charge is 2.15. The first-order chi connectivity index (χ1) is 22.6. The summed E-state index contributed by atoms with van der Waals surface area (Å²) in [5.74, 6) is -0.317. The molecule has 0 radical (unpaired) electrons. The third-order valence-electron chi connectivity index (χ3n) is 6.74. The van der Waals surface area contributed by atoms with Crippen LogP contribution in [0.3, 0.4) is 0 Å². The summed E-state index contributed by atoms with van der Waals surface area (Å²) >= 11 is 0. The maximum absolute atomic E-state index is 14.3. The summed E-state index contributed by atoms with van der Waals surface area (Å²) in [5, 5.41) is 18.8. The molecule has 16 heteroatoms. The number of hydrogen-bond acceptors (Lipinski definition) is 11. The normalized spacial score (nSPS) is 10.8. The average Bonchev–Trinajstić information content (AvgIpc) is 3.41. The molecule has 256 valence electrons. The molecule has 0 atom stereocenters. The van der Waals surface area contributed by atoms with Crippen molar-refractivity contribution in [3.63, 3.8) is 0 Å². The van der Waals surface area contributed by atoms with Gasteiger partial charge in [-0.3, -0.25) is 28.8 Å². The lowest BCUT2D eigenvalue weighted by Gasteiger charge is -2.32.